The molecule has 5 N–H and O–H groups in total. The average molecular weight is 460 g/mol. The number of fused-ring (bicyclic) bond motifs is 2. The molecule has 4 aromatic rings. The standard InChI is InChI=1S/C21H27N5O2Se/c1-3-25(4-2)11-12-26-15-7-6-14(23-10-9-22)21-17(15)18(24-26)13-5-8-16(27)19(28)20(13)29-21/h5-8,23-24,28H,3-4,9-12,22H2,1-2H3. The third kappa shape index (κ3) is 3.46. The predicted molar refractivity (Wildman–Crippen MR) is 122 cm³/mol. The van der Waals surface area contributed by atoms with E-state index in [0.29, 0.717) is 13.1 Å². The van der Waals surface area contributed by atoms with Crippen molar-refractivity contribution in [2.24, 2.45) is 5.73 Å². The van der Waals surface area contributed by atoms with Gasteiger partial charge in [0.2, 0.25) is 0 Å². The van der Waals surface area contributed by atoms with Crippen molar-refractivity contribution < 1.29 is 5.11 Å². The molecule has 0 fully saturated rings. The number of aromatic hydroxyl groups is 1. The van der Waals surface area contributed by atoms with Gasteiger partial charge in [-0.05, 0) is 0 Å². The molecular formula is C21H27N5O2Se. The van der Waals surface area contributed by atoms with Gasteiger partial charge in [-0.25, -0.2) is 0 Å². The molecule has 8 heteroatoms. The Balaban J connectivity index is 1.97. The van der Waals surface area contributed by atoms with Crippen molar-refractivity contribution in [3.05, 3.63) is 34.5 Å². The van der Waals surface area contributed by atoms with Crippen molar-refractivity contribution in [3.63, 3.8) is 0 Å². The van der Waals surface area contributed by atoms with Crippen molar-refractivity contribution in [1.29, 1.82) is 0 Å². The molecule has 0 spiro atoms. The van der Waals surface area contributed by atoms with Crippen LogP contribution in [0.15, 0.2) is 29.1 Å². The Bertz CT molecular complexity index is 1220. The SMILES string of the molecule is CCN(CC)CCn1[nH]c2c3ccc(=O)c(O)c3[se]c3c(NCCN)ccc1c32. The van der Waals surface area contributed by atoms with Crippen molar-refractivity contribution >= 4 is 50.5 Å². The van der Waals surface area contributed by atoms with Gasteiger partial charge in [0.25, 0.3) is 0 Å². The molecule has 7 nitrogen and oxygen atoms in total. The Labute approximate surface area is 174 Å². The Morgan fingerprint density at radius 1 is 1.21 bits per heavy atom. The van der Waals surface area contributed by atoms with E-state index in [2.05, 4.69) is 46.0 Å². The first-order valence-electron chi connectivity index (χ1n) is 10.0. The summed E-state index contributed by atoms with van der Waals surface area (Å²) >= 11 is -0.178. The summed E-state index contributed by atoms with van der Waals surface area (Å²) in [6.45, 7) is 9.42. The van der Waals surface area contributed by atoms with Gasteiger partial charge < -0.3 is 0 Å². The van der Waals surface area contributed by atoms with Crippen LogP contribution in [0.4, 0.5) is 5.69 Å². The number of aromatic amines is 1. The fraction of sp³-hybridized carbons (Fsp3) is 0.381. The first-order chi connectivity index (χ1) is 14.1. The van der Waals surface area contributed by atoms with Gasteiger partial charge in [0.05, 0.1) is 0 Å². The Morgan fingerprint density at radius 2 is 2.00 bits per heavy atom. The second-order valence-corrected chi connectivity index (χ2v) is 9.25. The molecule has 4 rings (SSSR count). The summed E-state index contributed by atoms with van der Waals surface area (Å²) in [5, 5.41) is 19.5. The van der Waals surface area contributed by atoms with Crippen LogP contribution >= 0.6 is 0 Å². The monoisotopic (exact) mass is 461 g/mol. The Kier molecular flexibility index (Phi) is 5.69. The number of phenols is 1. The maximum atomic E-state index is 12.1. The van der Waals surface area contributed by atoms with Crippen LogP contribution in [-0.4, -0.2) is 67.0 Å². The molecule has 0 saturated heterocycles. The number of nitrogens with two attached hydrogens (primary N) is 1. The first kappa shape index (κ1) is 20.0. The normalized spacial score (nSPS) is 12.0. The second-order valence-electron chi connectivity index (χ2n) is 7.11. The van der Waals surface area contributed by atoms with Crippen LogP contribution in [0.5, 0.6) is 5.75 Å². The summed E-state index contributed by atoms with van der Waals surface area (Å²) in [5.74, 6) is -0.126. The van der Waals surface area contributed by atoms with E-state index in [1.165, 1.54) is 11.5 Å². The maximum absolute atomic E-state index is 12.1. The second kappa shape index (κ2) is 8.24. The van der Waals surface area contributed by atoms with Gasteiger partial charge >= 0.3 is 175 Å². The van der Waals surface area contributed by atoms with E-state index < -0.39 is 0 Å². The van der Waals surface area contributed by atoms with Crippen molar-refractivity contribution in [2.75, 3.05) is 38.0 Å². The van der Waals surface area contributed by atoms with Crippen LogP contribution in [-0.2, 0) is 6.54 Å². The summed E-state index contributed by atoms with van der Waals surface area (Å²) in [4.78, 5) is 14.5. The van der Waals surface area contributed by atoms with Crippen LogP contribution in [0.3, 0.4) is 0 Å². The minimum atomic E-state index is -0.321. The molecule has 0 aliphatic heterocycles. The number of phenolic OH excluding ortho intramolecular Hbond substituents is 1. The van der Waals surface area contributed by atoms with E-state index in [4.69, 9.17) is 5.73 Å². The molecule has 0 saturated carbocycles. The molecule has 0 aliphatic rings. The number of nitrogens with zero attached hydrogens (tertiary/aromatic N) is 2. The molecule has 0 unspecified atom stereocenters. The average Bonchev–Trinajstić information content (AvgIpc) is 3.11. The van der Waals surface area contributed by atoms with Gasteiger partial charge in [0.15, 0.2) is 0 Å². The third-order valence-corrected chi connectivity index (χ3v) is 8.10. The molecule has 2 heterocycles. The summed E-state index contributed by atoms with van der Waals surface area (Å²) < 4.78 is 4.09. The van der Waals surface area contributed by atoms with Gasteiger partial charge in [-0.3, -0.25) is 0 Å². The predicted octanol–water partition coefficient (Wildman–Crippen LogP) is 2.11. The zero-order valence-electron chi connectivity index (χ0n) is 16.8. The summed E-state index contributed by atoms with van der Waals surface area (Å²) in [6, 6.07) is 7.52. The van der Waals surface area contributed by atoms with E-state index in [9.17, 15) is 9.90 Å². The van der Waals surface area contributed by atoms with Crippen LogP contribution < -0.4 is 16.5 Å². The molecule has 0 radical (unpaired) electrons. The van der Waals surface area contributed by atoms with Crippen molar-refractivity contribution in [1.82, 2.24) is 14.7 Å². The summed E-state index contributed by atoms with van der Waals surface area (Å²) in [7, 11) is 0. The topological polar surface area (TPSA) is 99.3 Å². The van der Waals surface area contributed by atoms with E-state index in [1.54, 1.807) is 0 Å². The molecule has 0 bridgehead atoms. The van der Waals surface area contributed by atoms with Gasteiger partial charge in [-0.15, -0.1) is 0 Å². The Morgan fingerprint density at radius 3 is 2.72 bits per heavy atom. The number of nitrogens with one attached hydrogen (secondary N) is 2. The van der Waals surface area contributed by atoms with Crippen LogP contribution in [0.25, 0.3) is 30.3 Å². The van der Waals surface area contributed by atoms with Gasteiger partial charge in [-0.1, -0.05) is 0 Å². The van der Waals surface area contributed by atoms with Crippen LogP contribution in [0, 0.1) is 0 Å². The van der Waals surface area contributed by atoms with E-state index in [1.807, 2.05) is 6.07 Å². The zero-order valence-corrected chi connectivity index (χ0v) is 18.5. The molecule has 2 aromatic carbocycles. The minimum absolute atomic E-state index is 0.126. The number of aromatic nitrogens is 2. The van der Waals surface area contributed by atoms with Crippen LogP contribution in [0.2, 0.25) is 0 Å². The quantitative estimate of drug-likeness (QED) is 0.239. The molecular weight excluding hydrogens is 433 g/mol. The molecule has 0 aliphatic carbocycles. The number of anilines is 1. The molecule has 154 valence electrons. The number of likely N-dealkylation sites (N-methyl/N-ethyl adjacent to an activating group) is 1. The number of benzene rings is 2. The number of hydrogen-bond donors (Lipinski definition) is 4. The number of rotatable bonds is 8. The van der Waals surface area contributed by atoms with Gasteiger partial charge in [-0.2, -0.15) is 0 Å². The number of H-pyrrole nitrogens is 1. The molecule has 0 atom stereocenters. The van der Waals surface area contributed by atoms with Crippen LogP contribution in [0.1, 0.15) is 13.8 Å². The van der Waals surface area contributed by atoms with Gasteiger partial charge in [0.1, 0.15) is 0 Å². The van der Waals surface area contributed by atoms with Crippen molar-refractivity contribution in [2.45, 2.75) is 20.4 Å². The number of hydrogen-bond acceptors (Lipinski definition) is 5. The first-order valence-corrected chi connectivity index (χ1v) is 11.8. The molecule has 0 amide bonds. The third-order valence-electron chi connectivity index (χ3n) is 5.49. The van der Waals surface area contributed by atoms with Crippen molar-refractivity contribution in [3.8, 4) is 5.75 Å². The van der Waals surface area contributed by atoms with E-state index in [0.717, 1.165) is 56.8 Å². The molecule has 2 aromatic heterocycles. The zero-order chi connectivity index (χ0) is 20.5. The van der Waals surface area contributed by atoms with Gasteiger partial charge in [0, 0.05) is 0 Å². The van der Waals surface area contributed by atoms with E-state index >= 15 is 0 Å². The fourth-order valence-corrected chi connectivity index (χ4v) is 6.45. The Hall–Kier alpha value is -2.25. The fourth-order valence-electron chi connectivity index (χ4n) is 3.85. The van der Waals surface area contributed by atoms with E-state index in [-0.39, 0.29) is 25.7 Å². The summed E-state index contributed by atoms with van der Waals surface area (Å²) in [6.07, 6.45) is 0. The molecule has 29 heavy (non-hydrogen) atoms. The summed E-state index contributed by atoms with van der Waals surface area (Å²) in [5.41, 5.74) is 8.52.